The molecule has 2 N–H and O–H groups in total. The molecule has 2 unspecified atom stereocenters. The van der Waals surface area contributed by atoms with Crippen LogP contribution in [0.2, 0.25) is 0 Å². The lowest BCUT2D eigenvalue weighted by molar-refractivity contribution is 0.376. The number of hydrogen-bond donors (Lipinski definition) is 2. The predicted octanol–water partition coefficient (Wildman–Crippen LogP) is 2.46. The molecule has 4 rings (SSSR count). The van der Waals surface area contributed by atoms with Crippen LogP contribution in [0.1, 0.15) is 18.5 Å². The Hall–Kier alpha value is -2.60. The quantitative estimate of drug-likeness (QED) is 0.757. The molecule has 0 amide bonds. The summed E-state index contributed by atoms with van der Waals surface area (Å²) in [6, 6.07) is 11.0. The van der Waals surface area contributed by atoms with Crippen molar-refractivity contribution in [2.45, 2.75) is 19.5 Å². The summed E-state index contributed by atoms with van der Waals surface area (Å²) in [5.41, 5.74) is 2.42. The van der Waals surface area contributed by atoms with Gasteiger partial charge in [0.15, 0.2) is 0 Å². The number of nitrogens with zero attached hydrogens (tertiary/aromatic N) is 4. The summed E-state index contributed by atoms with van der Waals surface area (Å²) in [5, 5.41) is 11.4. The van der Waals surface area contributed by atoms with Gasteiger partial charge < -0.3 is 15.2 Å². The van der Waals surface area contributed by atoms with Crippen molar-refractivity contribution in [3.05, 3.63) is 60.8 Å². The van der Waals surface area contributed by atoms with E-state index in [1.54, 1.807) is 6.20 Å². The Morgan fingerprint density at radius 2 is 2.12 bits per heavy atom. The van der Waals surface area contributed by atoms with Gasteiger partial charge in [0.2, 0.25) is 0 Å². The monoisotopic (exact) mass is 322 g/mol. The van der Waals surface area contributed by atoms with Crippen LogP contribution in [0.4, 0.5) is 5.82 Å². The number of nitrogens with one attached hydrogen (secondary N) is 2. The van der Waals surface area contributed by atoms with Crippen LogP contribution in [0.5, 0.6) is 0 Å². The van der Waals surface area contributed by atoms with Crippen molar-refractivity contribution in [1.29, 1.82) is 0 Å². The second-order valence-electron chi connectivity index (χ2n) is 6.34. The van der Waals surface area contributed by atoms with Crippen LogP contribution < -0.4 is 10.6 Å². The fraction of sp³-hybridized carbons (Fsp3) is 0.333. The molecule has 0 saturated carbocycles. The summed E-state index contributed by atoms with van der Waals surface area (Å²) >= 11 is 0. The topological polar surface area (TPSA) is 59.7 Å². The van der Waals surface area contributed by atoms with Crippen LogP contribution in [-0.4, -0.2) is 32.4 Å². The molecule has 1 aliphatic heterocycles. The fourth-order valence-electron chi connectivity index (χ4n) is 3.13. The Bertz CT molecular complexity index is 774. The first-order valence-corrected chi connectivity index (χ1v) is 8.37. The number of benzene rings is 1. The second-order valence-corrected chi connectivity index (χ2v) is 6.34. The van der Waals surface area contributed by atoms with Gasteiger partial charge in [-0.25, -0.2) is 9.67 Å². The lowest BCUT2D eigenvalue weighted by Gasteiger charge is -2.26. The van der Waals surface area contributed by atoms with Gasteiger partial charge in [-0.05, 0) is 24.6 Å². The van der Waals surface area contributed by atoms with Crippen LogP contribution in [0.3, 0.4) is 0 Å². The van der Waals surface area contributed by atoms with E-state index in [1.165, 1.54) is 5.56 Å². The highest BCUT2D eigenvalue weighted by Crippen LogP contribution is 2.18. The van der Waals surface area contributed by atoms with Gasteiger partial charge >= 0.3 is 0 Å². The molecule has 0 saturated heterocycles. The van der Waals surface area contributed by atoms with E-state index in [9.17, 15) is 0 Å². The Morgan fingerprint density at radius 3 is 2.92 bits per heavy atom. The van der Waals surface area contributed by atoms with Crippen molar-refractivity contribution in [3.63, 3.8) is 0 Å². The van der Waals surface area contributed by atoms with E-state index >= 15 is 0 Å². The van der Waals surface area contributed by atoms with E-state index in [0.717, 1.165) is 31.1 Å². The van der Waals surface area contributed by atoms with Gasteiger partial charge in [-0.1, -0.05) is 12.1 Å². The Balaban J connectivity index is 1.34. The van der Waals surface area contributed by atoms with Gasteiger partial charge in [0.25, 0.3) is 0 Å². The van der Waals surface area contributed by atoms with Gasteiger partial charge in [0, 0.05) is 55.7 Å². The highest BCUT2D eigenvalue weighted by Gasteiger charge is 2.18. The Morgan fingerprint density at radius 1 is 1.25 bits per heavy atom. The third-order valence-corrected chi connectivity index (χ3v) is 4.63. The molecular formula is C18H22N6. The van der Waals surface area contributed by atoms with Crippen molar-refractivity contribution in [3.8, 4) is 5.69 Å². The standard InChI is InChI=1S/C18H22N6/c1-14(16-2-4-17(5-3-16)23-9-8-19-13-23)20-10-15-11-21-18-6-7-22-24(18)12-15/h2-9,13-15,20-21H,10-12H2,1H3. The maximum atomic E-state index is 4.35. The third-order valence-electron chi connectivity index (χ3n) is 4.63. The van der Waals surface area contributed by atoms with Crippen molar-refractivity contribution < 1.29 is 0 Å². The highest BCUT2D eigenvalue weighted by atomic mass is 15.3. The van der Waals surface area contributed by atoms with E-state index in [2.05, 4.69) is 51.9 Å². The molecule has 6 nitrogen and oxygen atoms in total. The number of imidazole rings is 1. The molecule has 1 aromatic carbocycles. The predicted molar refractivity (Wildman–Crippen MR) is 94.2 cm³/mol. The van der Waals surface area contributed by atoms with Crippen LogP contribution in [0, 0.1) is 5.92 Å². The minimum atomic E-state index is 0.320. The molecule has 3 aromatic rings. The van der Waals surface area contributed by atoms with E-state index < -0.39 is 0 Å². The van der Waals surface area contributed by atoms with Crippen LogP contribution in [-0.2, 0) is 6.54 Å². The second kappa shape index (κ2) is 6.49. The molecule has 124 valence electrons. The van der Waals surface area contributed by atoms with Crippen LogP contribution in [0.15, 0.2) is 55.2 Å². The average molecular weight is 322 g/mol. The van der Waals surface area contributed by atoms with Crippen LogP contribution >= 0.6 is 0 Å². The van der Waals surface area contributed by atoms with E-state index in [1.807, 2.05) is 34.0 Å². The van der Waals surface area contributed by atoms with Gasteiger partial charge in [0.05, 0.1) is 12.5 Å². The summed E-state index contributed by atoms with van der Waals surface area (Å²) in [6.45, 7) is 5.14. The summed E-state index contributed by atoms with van der Waals surface area (Å²) < 4.78 is 4.05. The Labute approximate surface area is 141 Å². The van der Waals surface area contributed by atoms with Crippen LogP contribution in [0.25, 0.3) is 5.69 Å². The zero-order valence-electron chi connectivity index (χ0n) is 13.8. The van der Waals surface area contributed by atoms with E-state index in [4.69, 9.17) is 0 Å². The number of aromatic nitrogens is 4. The molecule has 0 aliphatic carbocycles. The summed E-state index contributed by atoms with van der Waals surface area (Å²) in [6.07, 6.45) is 7.41. The van der Waals surface area contributed by atoms with Gasteiger partial charge in [-0.2, -0.15) is 5.10 Å². The maximum absolute atomic E-state index is 4.35. The SMILES string of the molecule is CC(NCC1CNc2ccnn2C1)c1ccc(-n2ccnc2)cc1. The van der Waals surface area contributed by atoms with Crippen molar-refractivity contribution in [2.75, 3.05) is 18.4 Å². The molecule has 1 aliphatic rings. The summed E-state index contributed by atoms with van der Waals surface area (Å²) in [5.74, 6) is 1.67. The molecule has 2 aromatic heterocycles. The van der Waals surface area contributed by atoms with Gasteiger partial charge in [-0.15, -0.1) is 0 Å². The molecule has 2 atom stereocenters. The molecule has 24 heavy (non-hydrogen) atoms. The molecular weight excluding hydrogens is 300 g/mol. The smallest absolute Gasteiger partial charge is 0.124 e. The number of fused-ring (bicyclic) bond motifs is 1. The van der Waals surface area contributed by atoms with Crippen molar-refractivity contribution >= 4 is 5.82 Å². The van der Waals surface area contributed by atoms with Gasteiger partial charge in [-0.3, -0.25) is 0 Å². The first-order chi connectivity index (χ1) is 11.8. The molecule has 0 bridgehead atoms. The lowest BCUT2D eigenvalue weighted by Crippen LogP contribution is -2.36. The average Bonchev–Trinajstić information content (AvgIpc) is 3.31. The third kappa shape index (κ3) is 3.05. The minimum absolute atomic E-state index is 0.320. The zero-order valence-corrected chi connectivity index (χ0v) is 13.8. The van der Waals surface area contributed by atoms with E-state index in [0.29, 0.717) is 12.0 Å². The number of anilines is 1. The molecule has 0 spiro atoms. The Kier molecular flexibility index (Phi) is 4.04. The fourth-order valence-corrected chi connectivity index (χ4v) is 3.13. The van der Waals surface area contributed by atoms with Gasteiger partial charge in [0.1, 0.15) is 5.82 Å². The highest BCUT2D eigenvalue weighted by molar-refractivity contribution is 5.36. The molecule has 0 radical (unpaired) electrons. The molecule has 0 fully saturated rings. The van der Waals surface area contributed by atoms with Crippen molar-refractivity contribution in [1.82, 2.24) is 24.6 Å². The first-order valence-electron chi connectivity index (χ1n) is 8.37. The first kappa shape index (κ1) is 15.0. The molecule has 3 heterocycles. The van der Waals surface area contributed by atoms with E-state index in [-0.39, 0.29) is 0 Å². The zero-order chi connectivity index (χ0) is 16.4. The number of rotatable bonds is 5. The summed E-state index contributed by atoms with van der Waals surface area (Å²) in [7, 11) is 0. The minimum Gasteiger partial charge on any atom is -0.370 e. The van der Waals surface area contributed by atoms with Crippen molar-refractivity contribution in [2.24, 2.45) is 5.92 Å². The number of hydrogen-bond acceptors (Lipinski definition) is 4. The molecule has 6 heteroatoms. The largest absolute Gasteiger partial charge is 0.370 e. The lowest BCUT2D eigenvalue weighted by atomic mass is 10.1. The maximum Gasteiger partial charge on any atom is 0.124 e. The summed E-state index contributed by atoms with van der Waals surface area (Å²) in [4.78, 5) is 4.09. The normalized spacial score (nSPS) is 18.0.